The van der Waals surface area contributed by atoms with Crippen LogP contribution in [0.25, 0.3) is 0 Å². The Kier molecular flexibility index (Phi) is 5.61. The highest BCUT2D eigenvalue weighted by Crippen LogP contribution is 2.13. The van der Waals surface area contributed by atoms with Gasteiger partial charge in [-0.25, -0.2) is 0 Å². The number of anilines is 2. The number of nitrogens with zero attached hydrogens (tertiary/aromatic N) is 4. The fourth-order valence-electron chi connectivity index (χ4n) is 1.23. The molecule has 0 aliphatic rings. The fraction of sp³-hybridized carbons (Fsp3) is 0.750. The van der Waals surface area contributed by atoms with Gasteiger partial charge in [0.2, 0.25) is 11.9 Å². The largest absolute Gasteiger partial charge is 0.463 e. The number of ether oxygens (including phenoxy) is 1. The maximum Gasteiger partial charge on any atom is 0.323 e. The molecule has 0 saturated carbocycles. The van der Waals surface area contributed by atoms with E-state index in [0.29, 0.717) is 30.4 Å². The molecule has 6 heteroatoms. The minimum atomic E-state index is 0.380. The van der Waals surface area contributed by atoms with Crippen molar-refractivity contribution in [2.45, 2.75) is 27.2 Å². The second-order valence-corrected chi connectivity index (χ2v) is 4.70. The standard InChI is InChI=1S/C12H23N5O/c1-6-13-10-14-11(17(4)5)16-12(15-10)18-8-7-9(2)3/h9H,6-8H2,1-5H3,(H,13,14,15,16). The van der Waals surface area contributed by atoms with E-state index in [1.54, 1.807) is 0 Å². The van der Waals surface area contributed by atoms with Gasteiger partial charge in [0.05, 0.1) is 6.61 Å². The molecule has 1 N–H and O–H groups in total. The van der Waals surface area contributed by atoms with E-state index >= 15 is 0 Å². The minimum Gasteiger partial charge on any atom is -0.463 e. The van der Waals surface area contributed by atoms with Gasteiger partial charge in [-0.05, 0) is 19.3 Å². The van der Waals surface area contributed by atoms with Gasteiger partial charge >= 0.3 is 6.01 Å². The predicted octanol–water partition coefficient (Wildman–Crippen LogP) is 1.79. The first-order chi connectivity index (χ1) is 8.52. The number of rotatable bonds is 7. The normalized spacial score (nSPS) is 10.6. The summed E-state index contributed by atoms with van der Waals surface area (Å²) in [7, 11) is 3.78. The Balaban J connectivity index is 2.75. The third kappa shape index (κ3) is 4.73. The van der Waals surface area contributed by atoms with Crippen molar-refractivity contribution in [3.05, 3.63) is 0 Å². The molecular formula is C12H23N5O. The summed E-state index contributed by atoms with van der Waals surface area (Å²) in [5.74, 6) is 1.75. The Morgan fingerprint density at radius 2 is 1.94 bits per heavy atom. The van der Waals surface area contributed by atoms with Gasteiger partial charge < -0.3 is 15.0 Å². The highest BCUT2D eigenvalue weighted by atomic mass is 16.5. The van der Waals surface area contributed by atoms with Crippen molar-refractivity contribution in [2.24, 2.45) is 5.92 Å². The molecule has 0 aliphatic heterocycles. The smallest absolute Gasteiger partial charge is 0.323 e. The minimum absolute atomic E-state index is 0.380. The molecule has 1 heterocycles. The molecule has 0 saturated heterocycles. The number of hydrogen-bond donors (Lipinski definition) is 1. The zero-order chi connectivity index (χ0) is 13.5. The molecular weight excluding hydrogens is 230 g/mol. The van der Waals surface area contributed by atoms with Crippen LogP contribution in [0.2, 0.25) is 0 Å². The summed E-state index contributed by atoms with van der Waals surface area (Å²) in [5.41, 5.74) is 0. The monoisotopic (exact) mass is 253 g/mol. The summed E-state index contributed by atoms with van der Waals surface area (Å²) in [6.07, 6.45) is 0.986. The lowest BCUT2D eigenvalue weighted by Gasteiger charge is -2.13. The van der Waals surface area contributed by atoms with Gasteiger partial charge in [0.25, 0.3) is 0 Å². The first-order valence-electron chi connectivity index (χ1n) is 6.33. The van der Waals surface area contributed by atoms with Gasteiger partial charge in [-0.2, -0.15) is 15.0 Å². The molecule has 0 spiro atoms. The first-order valence-corrected chi connectivity index (χ1v) is 6.33. The predicted molar refractivity (Wildman–Crippen MR) is 73.3 cm³/mol. The van der Waals surface area contributed by atoms with Crippen molar-refractivity contribution < 1.29 is 4.74 Å². The van der Waals surface area contributed by atoms with E-state index in [0.717, 1.165) is 13.0 Å². The van der Waals surface area contributed by atoms with Crippen molar-refractivity contribution >= 4 is 11.9 Å². The van der Waals surface area contributed by atoms with E-state index in [1.165, 1.54) is 0 Å². The second kappa shape index (κ2) is 6.98. The molecule has 0 atom stereocenters. The van der Waals surface area contributed by atoms with Crippen LogP contribution < -0.4 is 15.0 Å². The second-order valence-electron chi connectivity index (χ2n) is 4.70. The van der Waals surface area contributed by atoms with Crippen molar-refractivity contribution in [3.63, 3.8) is 0 Å². The number of hydrogen-bond acceptors (Lipinski definition) is 6. The van der Waals surface area contributed by atoms with Crippen LogP contribution in [0.15, 0.2) is 0 Å². The lowest BCUT2D eigenvalue weighted by Crippen LogP contribution is -2.16. The molecule has 0 fully saturated rings. The van der Waals surface area contributed by atoms with Gasteiger partial charge in [0, 0.05) is 20.6 Å². The topological polar surface area (TPSA) is 63.2 Å². The zero-order valence-electron chi connectivity index (χ0n) is 11.9. The van der Waals surface area contributed by atoms with E-state index in [-0.39, 0.29) is 0 Å². The highest BCUT2D eigenvalue weighted by molar-refractivity contribution is 5.36. The fourth-order valence-corrected chi connectivity index (χ4v) is 1.23. The maximum absolute atomic E-state index is 5.57. The third-order valence-electron chi connectivity index (χ3n) is 2.26. The van der Waals surface area contributed by atoms with Crippen molar-refractivity contribution in [1.29, 1.82) is 0 Å². The summed E-state index contributed by atoms with van der Waals surface area (Å²) in [5, 5.41) is 3.07. The van der Waals surface area contributed by atoms with Crippen molar-refractivity contribution in [2.75, 3.05) is 37.5 Å². The Labute approximate surface area is 109 Å². The lowest BCUT2D eigenvalue weighted by molar-refractivity contribution is 0.268. The van der Waals surface area contributed by atoms with E-state index in [9.17, 15) is 0 Å². The average Bonchev–Trinajstić information content (AvgIpc) is 2.28. The Morgan fingerprint density at radius 1 is 1.22 bits per heavy atom. The average molecular weight is 253 g/mol. The maximum atomic E-state index is 5.57. The van der Waals surface area contributed by atoms with E-state index < -0.39 is 0 Å². The van der Waals surface area contributed by atoms with Gasteiger partial charge in [0.1, 0.15) is 0 Å². The van der Waals surface area contributed by atoms with Gasteiger partial charge in [-0.15, -0.1) is 0 Å². The van der Waals surface area contributed by atoms with E-state index in [2.05, 4.69) is 34.1 Å². The first kappa shape index (κ1) is 14.5. The molecule has 18 heavy (non-hydrogen) atoms. The Bertz CT molecular complexity index is 367. The van der Waals surface area contributed by atoms with Gasteiger partial charge in [0.15, 0.2) is 0 Å². The molecule has 6 nitrogen and oxygen atoms in total. The molecule has 1 rings (SSSR count). The Morgan fingerprint density at radius 3 is 2.50 bits per heavy atom. The number of aromatic nitrogens is 3. The highest BCUT2D eigenvalue weighted by Gasteiger charge is 2.08. The molecule has 0 amide bonds. The summed E-state index contributed by atoms with van der Waals surface area (Å²) < 4.78 is 5.57. The molecule has 0 radical (unpaired) electrons. The SMILES string of the molecule is CCNc1nc(OCCC(C)C)nc(N(C)C)n1. The van der Waals surface area contributed by atoms with Crippen LogP contribution >= 0.6 is 0 Å². The third-order valence-corrected chi connectivity index (χ3v) is 2.26. The quantitative estimate of drug-likeness (QED) is 0.799. The van der Waals surface area contributed by atoms with E-state index in [1.807, 2.05) is 25.9 Å². The van der Waals surface area contributed by atoms with Crippen LogP contribution in [0.4, 0.5) is 11.9 Å². The molecule has 102 valence electrons. The van der Waals surface area contributed by atoms with Gasteiger partial charge in [-0.1, -0.05) is 13.8 Å². The molecule has 1 aromatic heterocycles. The molecule has 0 bridgehead atoms. The lowest BCUT2D eigenvalue weighted by atomic mass is 10.1. The summed E-state index contributed by atoms with van der Waals surface area (Å²) in [6.45, 7) is 7.71. The van der Waals surface area contributed by atoms with Crippen LogP contribution in [0, 0.1) is 5.92 Å². The summed E-state index contributed by atoms with van der Waals surface area (Å²) >= 11 is 0. The van der Waals surface area contributed by atoms with E-state index in [4.69, 9.17) is 4.74 Å². The number of nitrogens with one attached hydrogen (secondary N) is 1. The van der Waals surface area contributed by atoms with Crippen LogP contribution in [0.3, 0.4) is 0 Å². The van der Waals surface area contributed by atoms with Crippen LogP contribution in [0.5, 0.6) is 6.01 Å². The van der Waals surface area contributed by atoms with Crippen molar-refractivity contribution in [3.8, 4) is 6.01 Å². The summed E-state index contributed by atoms with van der Waals surface area (Å²) in [4.78, 5) is 14.6. The molecule has 0 aliphatic carbocycles. The van der Waals surface area contributed by atoms with Crippen LogP contribution in [-0.2, 0) is 0 Å². The Hall–Kier alpha value is -1.59. The van der Waals surface area contributed by atoms with Crippen molar-refractivity contribution in [1.82, 2.24) is 15.0 Å². The van der Waals surface area contributed by atoms with Gasteiger partial charge in [-0.3, -0.25) is 0 Å². The molecule has 0 unspecified atom stereocenters. The zero-order valence-corrected chi connectivity index (χ0v) is 11.9. The van der Waals surface area contributed by atoms with Crippen LogP contribution in [0.1, 0.15) is 27.2 Å². The van der Waals surface area contributed by atoms with Crippen LogP contribution in [-0.4, -0.2) is 42.2 Å². The molecule has 1 aromatic rings. The molecule has 0 aromatic carbocycles. The summed E-state index contributed by atoms with van der Waals surface area (Å²) in [6, 6.07) is 0.380.